The van der Waals surface area contributed by atoms with Crippen LogP contribution in [0.1, 0.15) is 37.4 Å². The van der Waals surface area contributed by atoms with Gasteiger partial charge in [0.15, 0.2) is 6.23 Å². The molecule has 0 N–H and O–H groups in total. The van der Waals surface area contributed by atoms with Crippen LogP contribution in [-0.2, 0) is 0 Å². The number of rotatable bonds is 2. The van der Waals surface area contributed by atoms with Crippen molar-refractivity contribution in [1.29, 1.82) is 0 Å². The summed E-state index contributed by atoms with van der Waals surface area (Å²) in [6.07, 6.45) is 0.857. The first-order valence-corrected chi connectivity index (χ1v) is 10.2. The summed E-state index contributed by atoms with van der Waals surface area (Å²) in [5.74, 6) is 1.33. The molecule has 3 aromatic carbocycles. The van der Waals surface area contributed by atoms with E-state index in [1.807, 2.05) is 6.07 Å². The van der Waals surface area contributed by atoms with Crippen LogP contribution in [0, 0.1) is 5.92 Å². The lowest BCUT2D eigenvalue weighted by molar-refractivity contribution is -0.0461. The fourth-order valence-corrected chi connectivity index (χ4v) is 4.45. The Balaban J connectivity index is 1.58. The second-order valence-corrected chi connectivity index (χ2v) is 8.56. The molecule has 2 aliphatic heterocycles. The maximum absolute atomic E-state index is 6.31. The van der Waals surface area contributed by atoms with Gasteiger partial charge in [0.1, 0.15) is 5.75 Å². The molecular formula is C23H21BrN2O. The summed E-state index contributed by atoms with van der Waals surface area (Å²) in [6.45, 7) is 4.38. The van der Waals surface area contributed by atoms with Crippen LogP contribution in [0.25, 0.3) is 10.8 Å². The van der Waals surface area contributed by atoms with Crippen molar-refractivity contribution in [2.45, 2.75) is 32.5 Å². The lowest BCUT2D eigenvalue weighted by Gasteiger charge is -2.40. The van der Waals surface area contributed by atoms with Gasteiger partial charge in [0, 0.05) is 22.4 Å². The Bertz CT molecular complexity index is 1060. The molecule has 5 rings (SSSR count). The highest BCUT2D eigenvalue weighted by Crippen LogP contribution is 2.45. The molecule has 136 valence electrons. The van der Waals surface area contributed by atoms with Crippen LogP contribution in [0.5, 0.6) is 5.75 Å². The first kappa shape index (κ1) is 16.8. The van der Waals surface area contributed by atoms with Gasteiger partial charge in [-0.15, -0.1) is 0 Å². The summed E-state index contributed by atoms with van der Waals surface area (Å²) in [5.41, 5.74) is 3.54. The molecular weight excluding hydrogens is 400 g/mol. The van der Waals surface area contributed by atoms with Crippen LogP contribution < -0.4 is 4.74 Å². The van der Waals surface area contributed by atoms with Crippen molar-refractivity contribution >= 4 is 32.4 Å². The van der Waals surface area contributed by atoms with Crippen molar-refractivity contribution < 1.29 is 4.74 Å². The van der Waals surface area contributed by atoms with Crippen LogP contribution in [0.2, 0.25) is 0 Å². The highest BCUT2D eigenvalue weighted by Gasteiger charge is 2.41. The zero-order chi connectivity index (χ0) is 18.5. The molecule has 0 amide bonds. The first-order chi connectivity index (χ1) is 13.1. The Morgan fingerprint density at radius 1 is 1.04 bits per heavy atom. The number of hydrogen-bond acceptors (Lipinski definition) is 3. The van der Waals surface area contributed by atoms with Gasteiger partial charge < -0.3 is 4.74 Å². The van der Waals surface area contributed by atoms with Crippen molar-refractivity contribution in [2.24, 2.45) is 11.0 Å². The Kier molecular flexibility index (Phi) is 3.97. The van der Waals surface area contributed by atoms with E-state index in [0.29, 0.717) is 5.92 Å². The molecule has 0 fully saturated rings. The van der Waals surface area contributed by atoms with Gasteiger partial charge >= 0.3 is 0 Å². The molecule has 0 aliphatic carbocycles. The van der Waals surface area contributed by atoms with Crippen molar-refractivity contribution in [3.63, 3.8) is 0 Å². The molecule has 0 saturated carbocycles. The summed E-state index contributed by atoms with van der Waals surface area (Å²) in [4.78, 5) is 0. The smallest absolute Gasteiger partial charge is 0.190 e. The van der Waals surface area contributed by atoms with Gasteiger partial charge in [-0.05, 0) is 40.6 Å². The minimum Gasteiger partial charge on any atom is -0.468 e. The zero-order valence-electron chi connectivity index (χ0n) is 15.4. The first-order valence-electron chi connectivity index (χ1n) is 9.41. The van der Waals surface area contributed by atoms with E-state index < -0.39 is 0 Å². The number of halogens is 1. The predicted molar refractivity (Wildman–Crippen MR) is 113 cm³/mol. The molecule has 0 saturated heterocycles. The zero-order valence-corrected chi connectivity index (χ0v) is 17.0. The number of hydrazone groups is 1. The maximum Gasteiger partial charge on any atom is 0.190 e. The second-order valence-electron chi connectivity index (χ2n) is 7.64. The maximum atomic E-state index is 6.31. The lowest BCUT2D eigenvalue weighted by Crippen LogP contribution is -2.43. The van der Waals surface area contributed by atoms with Gasteiger partial charge in [-0.1, -0.05) is 66.2 Å². The summed E-state index contributed by atoms with van der Waals surface area (Å²) >= 11 is 3.61. The van der Waals surface area contributed by atoms with E-state index >= 15 is 0 Å². The third-order valence-corrected chi connectivity index (χ3v) is 5.93. The minimum absolute atomic E-state index is 0.0402. The molecule has 0 radical (unpaired) electrons. The number of ether oxygens (including phenoxy) is 1. The molecule has 0 spiro atoms. The third kappa shape index (κ3) is 2.83. The summed E-state index contributed by atoms with van der Waals surface area (Å²) in [5, 5.41) is 9.71. The SMILES string of the molecule is CC(C)[C@@H]1Oc2ccc(Br)cc2[C@H]2CC(c3ccc4ccccc4c3)=NN21. The number of nitrogens with zero attached hydrogens (tertiary/aromatic N) is 2. The topological polar surface area (TPSA) is 24.8 Å². The van der Waals surface area contributed by atoms with Crippen molar-refractivity contribution in [3.8, 4) is 5.75 Å². The standard InChI is InChI=1S/C23H21BrN2O/c1-14(2)23-26-21(19-12-18(24)9-10-22(19)27-23)13-20(25-26)17-8-7-15-5-3-4-6-16(15)11-17/h3-12,14,21,23H,13H2,1-2H3/t21-,23+/m1/s1. The molecule has 2 aliphatic rings. The van der Waals surface area contributed by atoms with E-state index in [2.05, 4.69) is 89.4 Å². The Morgan fingerprint density at radius 3 is 2.67 bits per heavy atom. The van der Waals surface area contributed by atoms with E-state index in [9.17, 15) is 0 Å². The van der Waals surface area contributed by atoms with Crippen LogP contribution >= 0.6 is 15.9 Å². The normalized spacial score (nSPS) is 21.0. The fourth-order valence-electron chi connectivity index (χ4n) is 4.07. The van der Waals surface area contributed by atoms with Crippen LogP contribution in [0.15, 0.2) is 70.2 Å². The molecule has 3 aromatic rings. The highest BCUT2D eigenvalue weighted by molar-refractivity contribution is 9.10. The molecule has 4 heteroatoms. The summed E-state index contributed by atoms with van der Waals surface area (Å²) in [6, 6.07) is 21.6. The van der Waals surface area contributed by atoms with Gasteiger partial charge in [-0.2, -0.15) is 5.10 Å². The predicted octanol–water partition coefficient (Wildman–Crippen LogP) is 6.13. The number of fused-ring (bicyclic) bond motifs is 4. The Hall–Kier alpha value is -2.33. The highest BCUT2D eigenvalue weighted by atomic mass is 79.9. The van der Waals surface area contributed by atoms with Crippen LogP contribution in [0.4, 0.5) is 0 Å². The van der Waals surface area contributed by atoms with E-state index in [0.717, 1.165) is 22.4 Å². The molecule has 3 nitrogen and oxygen atoms in total. The summed E-state index contributed by atoms with van der Waals surface area (Å²) in [7, 11) is 0. The third-order valence-electron chi connectivity index (χ3n) is 5.43. The average molecular weight is 421 g/mol. The van der Waals surface area contributed by atoms with Crippen molar-refractivity contribution in [1.82, 2.24) is 5.01 Å². The Labute approximate surface area is 167 Å². The average Bonchev–Trinajstić information content (AvgIpc) is 3.12. The van der Waals surface area contributed by atoms with Gasteiger partial charge in [-0.25, -0.2) is 5.01 Å². The molecule has 0 bridgehead atoms. The Morgan fingerprint density at radius 2 is 1.85 bits per heavy atom. The van der Waals surface area contributed by atoms with Crippen LogP contribution in [-0.4, -0.2) is 16.9 Å². The molecule has 0 unspecified atom stereocenters. The quantitative estimate of drug-likeness (QED) is 0.498. The van der Waals surface area contributed by atoms with E-state index in [4.69, 9.17) is 9.84 Å². The molecule has 2 heterocycles. The molecule has 2 atom stereocenters. The largest absolute Gasteiger partial charge is 0.468 e. The summed E-state index contributed by atoms with van der Waals surface area (Å²) < 4.78 is 7.39. The van der Waals surface area contributed by atoms with Crippen molar-refractivity contribution in [3.05, 3.63) is 76.3 Å². The fraction of sp³-hybridized carbons (Fsp3) is 0.261. The molecule has 27 heavy (non-hydrogen) atoms. The van der Waals surface area contributed by atoms with Gasteiger partial charge in [0.05, 0.1) is 11.8 Å². The van der Waals surface area contributed by atoms with E-state index in [1.165, 1.54) is 21.9 Å². The van der Waals surface area contributed by atoms with Crippen molar-refractivity contribution in [2.75, 3.05) is 0 Å². The number of hydrogen-bond donors (Lipinski definition) is 0. The van der Waals surface area contributed by atoms with Gasteiger partial charge in [-0.3, -0.25) is 0 Å². The monoisotopic (exact) mass is 420 g/mol. The van der Waals surface area contributed by atoms with Gasteiger partial charge in [0.2, 0.25) is 0 Å². The minimum atomic E-state index is -0.0402. The second kappa shape index (κ2) is 6.38. The number of benzene rings is 3. The van der Waals surface area contributed by atoms with Gasteiger partial charge in [0.25, 0.3) is 0 Å². The van der Waals surface area contributed by atoms with E-state index in [-0.39, 0.29) is 12.3 Å². The lowest BCUT2D eigenvalue weighted by atomic mass is 9.94. The van der Waals surface area contributed by atoms with Crippen LogP contribution in [0.3, 0.4) is 0 Å². The molecule has 0 aromatic heterocycles. The van der Waals surface area contributed by atoms with E-state index in [1.54, 1.807) is 0 Å².